The van der Waals surface area contributed by atoms with Gasteiger partial charge < -0.3 is 10.1 Å². The van der Waals surface area contributed by atoms with Gasteiger partial charge in [0.15, 0.2) is 6.61 Å². The van der Waals surface area contributed by atoms with Gasteiger partial charge in [0.25, 0.3) is 5.91 Å². The second-order valence-electron chi connectivity index (χ2n) is 6.91. The molecule has 5 heteroatoms. The molecule has 1 aliphatic rings. The molecule has 1 N–H and O–H groups in total. The number of hydrogen-bond acceptors (Lipinski definition) is 3. The van der Waals surface area contributed by atoms with Crippen molar-refractivity contribution in [1.82, 2.24) is 5.32 Å². The first-order chi connectivity index (χ1) is 11.4. The lowest BCUT2D eigenvalue weighted by Gasteiger charge is -2.27. The highest BCUT2D eigenvalue weighted by Crippen LogP contribution is 2.42. The molecular formula is C19H26FNO3. The molecule has 0 heterocycles. The number of ether oxygens (including phenoxy) is 1. The number of hydrogen-bond donors (Lipinski definition) is 1. The Hall–Kier alpha value is -1.91. The molecule has 0 atom stereocenters. The summed E-state index contributed by atoms with van der Waals surface area (Å²) in [6.07, 6.45) is 3.93. The van der Waals surface area contributed by atoms with E-state index in [2.05, 4.69) is 19.2 Å². The topological polar surface area (TPSA) is 55.4 Å². The molecule has 0 radical (unpaired) electrons. The maximum absolute atomic E-state index is 13.6. The number of nitrogens with one attached hydrogen (secondary N) is 1. The Morgan fingerprint density at radius 3 is 2.62 bits per heavy atom. The van der Waals surface area contributed by atoms with Crippen molar-refractivity contribution in [2.45, 2.75) is 51.4 Å². The number of benzene rings is 1. The summed E-state index contributed by atoms with van der Waals surface area (Å²) in [5.74, 6) is -0.582. The van der Waals surface area contributed by atoms with Gasteiger partial charge in [-0.2, -0.15) is 0 Å². The number of rotatable bonds is 7. The minimum absolute atomic E-state index is 0.284. The Balaban J connectivity index is 1.96. The van der Waals surface area contributed by atoms with Crippen molar-refractivity contribution in [1.29, 1.82) is 0 Å². The average molecular weight is 335 g/mol. The maximum Gasteiger partial charge on any atom is 0.317 e. The van der Waals surface area contributed by atoms with Crippen molar-refractivity contribution < 1.29 is 18.7 Å². The molecule has 1 saturated carbocycles. The van der Waals surface area contributed by atoms with E-state index in [4.69, 9.17) is 4.74 Å². The Kier molecular flexibility index (Phi) is 6.35. The summed E-state index contributed by atoms with van der Waals surface area (Å²) in [6, 6.07) is 6.13. The zero-order valence-corrected chi connectivity index (χ0v) is 14.4. The summed E-state index contributed by atoms with van der Waals surface area (Å²) in [6.45, 7) is 4.45. The first-order valence-corrected chi connectivity index (χ1v) is 8.64. The first-order valence-electron chi connectivity index (χ1n) is 8.64. The van der Waals surface area contributed by atoms with Crippen LogP contribution in [0.5, 0.6) is 0 Å². The fourth-order valence-corrected chi connectivity index (χ4v) is 3.20. The number of halogens is 1. The third kappa shape index (κ3) is 4.56. The van der Waals surface area contributed by atoms with Gasteiger partial charge in [-0.25, -0.2) is 4.39 Å². The van der Waals surface area contributed by atoms with Crippen LogP contribution in [-0.2, 0) is 19.7 Å². The van der Waals surface area contributed by atoms with E-state index in [-0.39, 0.29) is 18.3 Å². The van der Waals surface area contributed by atoms with E-state index in [0.29, 0.717) is 30.9 Å². The molecule has 1 aromatic carbocycles. The summed E-state index contributed by atoms with van der Waals surface area (Å²) >= 11 is 0. The normalized spacial score (nSPS) is 16.2. The molecule has 4 nitrogen and oxygen atoms in total. The predicted octanol–water partition coefficient (Wildman–Crippen LogP) is 3.34. The van der Waals surface area contributed by atoms with Crippen LogP contribution in [0.25, 0.3) is 0 Å². The Morgan fingerprint density at radius 2 is 2.00 bits per heavy atom. The van der Waals surface area contributed by atoms with Gasteiger partial charge in [-0.05, 0) is 42.9 Å². The molecule has 0 saturated heterocycles. The minimum Gasteiger partial charge on any atom is -0.455 e. The van der Waals surface area contributed by atoms with Crippen LogP contribution in [-0.4, -0.2) is 25.0 Å². The SMILES string of the molecule is CC(C)CCNC(=O)COC(=O)C1(c2cccc(F)c2)CCCC1. The summed E-state index contributed by atoms with van der Waals surface area (Å²) in [5, 5.41) is 2.75. The van der Waals surface area contributed by atoms with Crippen molar-refractivity contribution in [3.05, 3.63) is 35.6 Å². The van der Waals surface area contributed by atoms with Crippen LogP contribution in [0.4, 0.5) is 4.39 Å². The third-order valence-electron chi connectivity index (χ3n) is 4.60. The van der Waals surface area contributed by atoms with Gasteiger partial charge >= 0.3 is 5.97 Å². The maximum atomic E-state index is 13.6. The second-order valence-corrected chi connectivity index (χ2v) is 6.91. The second kappa shape index (κ2) is 8.27. The lowest BCUT2D eigenvalue weighted by molar-refractivity contribution is -0.154. The Bertz CT molecular complexity index is 580. The van der Waals surface area contributed by atoms with Gasteiger partial charge in [0.1, 0.15) is 5.82 Å². The number of esters is 1. The van der Waals surface area contributed by atoms with Crippen molar-refractivity contribution in [2.24, 2.45) is 5.92 Å². The molecule has 2 rings (SSSR count). The molecular weight excluding hydrogens is 309 g/mol. The molecule has 0 bridgehead atoms. The van der Waals surface area contributed by atoms with E-state index < -0.39 is 11.4 Å². The van der Waals surface area contributed by atoms with E-state index in [1.54, 1.807) is 12.1 Å². The molecule has 1 aromatic rings. The average Bonchev–Trinajstić information content (AvgIpc) is 3.03. The quantitative estimate of drug-likeness (QED) is 0.778. The zero-order valence-electron chi connectivity index (χ0n) is 14.4. The smallest absolute Gasteiger partial charge is 0.317 e. The standard InChI is InChI=1S/C19H26FNO3/c1-14(2)8-11-21-17(22)13-24-18(23)19(9-3-4-10-19)15-6-5-7-16(20)12-15/h5-7,12,14H,3-4,8-11,13H2,1-2H3,(H,21,22). The number of carbonyl (C=O) groups excluding carboxylic acids is 2. The summed E-state index contributed by atoms with van der Waals surface area (Å²) in [7, 11) is 0. The Morgan fingerprint density at radius 1 is 1.29 bits per heavy atom. The zero-order chi connectivity index (χ0) is 17.6. The van der Waals surface area contributed by atoms with Gasteiger partial charge in [0.05, 0.1) is 5.41 Å². The third-order valence-corrected chi connectivity index (χ3v) is 4.60. The van der Waals surface area contributed by atoms with E-state index in [0.717, 1.165) is 19.3 Å². The van der Waals surface area contributed by atoms with Crippen molar-refractivity contribution in [3.8, 4) is 0 Å². The lowest BCUT2D eigenvalue weighted by atomic mass is 9.79. The van der Waals surface area contributed by atoms with Crippen LogP contribution in [0.15, 0.2) is 24.3 Å². The number of carbonyl (C=O) groups is 2. The van der Waals surface area contributed by atoms with Gasteiger partial charge in [0.2, 0.25) is 0 Å². The molecule has 0 spiro atoms. The molecule has 1 amide bonds. The summed E-state index contributed by atoms with van der Waals surface area (Å²) in [5.41, 5.74) is -0.175. The molecule has 24 heavy (non-hydrogen) atoms. The van der Waals surface area contributed by atoms with Crippen LogP contribution < -0.4 is 5.32 Å². The van der Waals surface area contributed by atoms with Gasteiger partial charge in [-0.15, -0.1) is 0 Å². The van der Waals surface area contributed by atoms with Gasteiger partial charge in [0, 0.05) is 6.54 Å². The highest BCUT2D eigenvalue weighted by atomic mass is 19.1. The molecule has 0 aliphatic heterocycles. The first kappa shape index (κ1) is 18.4. The fourth-order valence-electron chi connectivity index (χ4n) is 3.20. The highest BCUT2D eigenvalue weighted by Gasteiger charge is 2.44. The minimum atomic E-state index is -0.819. The number of amides is 1. The highest BCUT2D eigenvalue weighted by molar-refractivity contribution is 5.86. The molecule has 0 aromatic heterocycles. The van der Waals surface area contributed by atoms with Crippen LogP contribution in [0.3, 0.4) is 0 Å². The predicted molar refractivity (Wildman–Crippen MR) is 90.0 cm³/mol. The van der Waals surface area contributed by atoms with Crippen LogP contribution in [0, 0.1) is 11.7 Å². The van der Waals surface area contributed by atoms with Gasteiger partial charge in [-0.1, -0.05) is 38.8 Å². The van der Waals surface area contributed by atoms with E-state index in [1.807, 2.05) is 0 Å². The summed E-state index contributed by atoms with van der Waals surface area (Å²) in [4.78, 5) is 24.4. The van der Waals surface area contributed by atoms with Crippen molar-refractivity contribution in [3.63, 3.8) is 0 Å². The fraction of sp³-hybridized carbons (Fsp3) is 0.579. The van der Waals surface area contributed by atoms with E-state index in [1.165, 1.54) is 12.1 Å². The Labute approximate surface area is 142 Å². The molecule has 1 fully saturated rings. The molecule has 1 aliphatic carbocycles. The monoisotopic (exact) mass is 335 g/mol. The van der Waals surface area contributed by atoms with Crippen LogP contribution in [0.2, 0.25) is 0 Å². The van der Waals surface area contributed by atoms with E-state index >= 15 is 0 Å². The van der Waals surface area contributed by atoms with Crippen molar-refractivity contribution in [2.75, 3.05) is 13.2 Å². The van der Waals surface area contributed by atoms with Crippen LogP contribution >= 0.6 is 0 Å². The van der Waals surface area contributed by atoms with E-state index in [9.17, 15) is 14.0 Å². The molecule has 132 valence electrons. The van der Waals surface area contributed by atoms with Crippen LogP contribution in [0.1, 0.15) is 51.5 Å². The summed E-state index contributed by atoms with van der Waals surface area (Å²) < 4.78 is 18.8. The molecule has 0 unspecified atom stereocenters. The lowest BCUT2D eigenvalue weighted by Crippen LogP contribution is -2.38. The van der Waals surface area contributed by atoms with Crippen molar-refractivity contribution >= 4 is 11.9 Å². The van der Waals surface area contributed by atoms with Gasteiger partial charge in [-0.3, -0.25) is 9.59 Å². The largest absolute Gasteiger partial charge is 0.455 e.